The van der Waals surface area contributed by atoms with Crippen LogP contribution in [0.1, 0.15) is 0 Å². The minimum absolute atomic E-state index is 0.346. The lowest BCUT2D eigenvalue weighted by Crippen LogP contribution is -2.39. The molecule has 0 atom stereocenters. The fourth-order valence-electron chi connectivity index (χ4n) is 4.41. The highest BCUT2D eigenvalue weighted by atomic mass is 35.5. The predicted octanol–water partition coefficient (Wildman–Crippen LogP) is 6.08. The molecule has 3 N–H and O–H groups in total. The molecule has 1 saturated heterocycles. The number of para-hydroxylation sites is 1. The Hall–Kier alpha value is -4.15. The monoisotopic (exact) mass is 545 g/mol. The molecule has 38 heavy (non-hydrogen) atoms. The minimum Gasteiger partial charge on any atom is -0.437 e. The molecule has 11 heteroatoms. The Kier molecular flexibility index (Phi) is 6.34. The maximum atomic E-state index is 12.1. The van der Waals surface area contributed by atoms with Crippen LogP contribution in [-0.2, 0) is 9.73 Å². The number of halogens is 1. The summed E-state index contributed by atoms with van der Waals surface area (Å²) >= 11 is 6.52. The zero-order chi connectivity index (χ0) is 26.1. The van der Waals surface area contributed by atoms with Crippen molar-refractivity contribution in [1.29, 1.82) is 4.78 Å². The molecule has 0 radical (unpaired) electrons. The quantitative estimate of drug-likeness (QED) is 0.236. The first kappa shape index (κ1) is 24.2. The van der Waals surface area contributed by atoms with Crippen molar-refractivity contribution in [3.8, 4) is 22.9 Å². The van der Waals surface area contributed by atoms with Crippen LogP contribution in [0.3, 0.4) is 0 Å². The van der Waals surface area contributed by atoms with Crippen molar-refractivity contribution in [2.24, 2.45) is 0 Å². The fourth-order valence-corrected chi connectivity index (χ4v) is 5.83. The van der Waals surface area contributed by atoms with E-state index in [-0.39, 0.29) is 0 Å². The summed E-state index contributed by atoms with van der Waals surface area (Å²) in [6.45, 7) is 1.10. The first-order chi connectivity index (χ1) is 18.4. The van der Waals surface area contributed by atoms with E-state index in [0.717, 1.165) is 22.2 Å². The molecule has 1 fully saturated rings. The number of fused-ring (bicyclic) bond motifs is 1. The molecule has 3 aromatic heterocycles. The van der Waals surface area contributed by atoms with Crippen LogP contribution in [0.4, 0.5) is 17.3 Å². The van der Waals surface area contributed by atoms with Crippen molar-refractivity contribution in [3.63, 3.8) is 0 Å². The van der Waals surface area contributed by atoms with Crippen LogP contribution in [0, 0.1) is 4.78 Å². The number of aromatic amines is 1. The molecular formula is C27H24ClN7O2S. The Balaban J connectivity index is 1.34. The Labute approximate surface area is 224 Å². The SMILES string of the molecule is N=S1(=O)CCN(c2ccc(Nc3ncc(Cl)c(-c4c[nH]c5ccccc45)n3)c(Oc3ccccn3)c2)CC1. The lowest BCUT2D eigenvalue weighted by Gasteiger charge is -2.30. The van der Waals surface area contributed by atoms with Gasteiger partial charge in [0.25, 0.3) is 0 Å². The van der Waals surface area contributed by atoms with Crippen LogP contribution in [0.15, 0.2) is 79.3 Å². The third-order valence-electron chi connectivity index (χ3n) is 6.40. The Morgan fingerprint density at radius 2 is 1.87 bits per heavy atom. The largest absolute Gasteiger partial charge is 0.437 e. The van der Waals surface area contributed by atoms with E-state index < -0.39 is 9.73 Å². The highest BCUT2D eigenvalue weighted by molar-refractivity contribution is 7.92. The molecule has 9 nitrogen and oxygen atoms in total. The van der Waals surface area contributed by atoms with Gasteiger partial charge in [0, 0.05) is 81.0 Å². The van der Waals surface area contributed by atoms with Crippen LogP contribution in [0.5, 0.6) is 11.6 Å². The number of nitrogens with zero attached hydrogens (tertiary/aromatic N) is 4. The Bertz CT molecular complexity index is 1710. The van der Waals surface area contributed by atoms with E-state index in [0.29, 0.717) is 58.6 Å². The van der Waals surface area contributed by atoms with Crippen molar-refractivity contribution >= 4 is 49.6 Å². The van der Waals surface area contributed by atoms with Gasteiger partial charge in [0.2, 0.25) is 11.8 Å². The van der Waals surface area contributed by atoms with Crippen LogP contribution in [0.25, 0.3) is 22.2 Å². The molecule has 192 valence electrons. The number of benzene rings is 2. The van der Waals surface area contributed by atoms with Gasteiger partial charge < -0.3 is 19.9 Å². The van der Waals surface area contributed by atoms with Crippen molar-refractivity contribution in [2.75, 3.05) is 34.8 Å². The molecule has 0 unspecified atom stereocenters. The summed E-state index contributed by atoms with van der Waals surface area (Å²) in [5.41, 5.74) is 4.04. The standard InChI is InChI=1S/C27H24ClN7O2S/c28-21-17-32-27(34-26(21)20-16-31-22-6-2-1-5-19(20)22)33-23-9-8-18(35-11-13-38(29,36)14-12-35)15-24(23)37-25-7-3-4-10-30-25/h1-10,15-17,29,31H,11-14H2,(H,32,33,34). The number of aromatic nitrogens is 4. The number of rotatable bonds is 6. The zero-order valence-electron chi connectivity index (χ0n) is 20.2. The van der Waals surface area contributed by atoms with Crippen LogP contribution >= 0.6 is 11.6 Å². The van der Waals surface area contributed by atoms with E-state index in [2.05, 4.69) is 25.2 Å². The third kappa shape index (κ3) is 5.00. The molecule has 0 amide bonds. The zero-order valence-corrected chi connectivity index (χ0v) is 21.8. The third-order valence-corrected chi connectivity index (χ3v) is 8.36. The van der Waals surface area contributed by atoms with Gasteiger partial charge in [-0.25, -0.2) is 19.2 Å². The molecule has 0 aliphatic carbocycles. The van der Waals surface area contributed by atoms with Gasteiger partial charge in [0.05, 0.1) is 22.6 Å². The second-order valence-corrected chi connectivity index (χ2v) is 11.8. The average Bonchev–Trinajstić information content (AvgIpc) is 3.35. The normalized spacial score (nSPS) is 14.9. The van der Waals surface area contributed by atoms with Crippen molar-refractivity contribution in [1.82, 2.24) is 19.9 Å². The van der Waals surface area contributed by atoms with Gasteiger partial charge in [0.15, 0.2) is 5.75 Å². The number of pyridine rings is 1. The minimum atomic E-state index is -2.50. The summed E-state index contributed by atoms with van der Waals surface area (Å²) in [7, 11) is -2.50. The van der Waals surface area contributed by atoms with Crippen LogP contribution in [0.2, 0.25) is 5.02 Å². The molecule has 0 spiro atoms. The van der Waals surface area contributed by atoms with Crippen LogP contribution < -0.4 is 15.0 Å². The van der Waals surface area contributed by atoms with Gasteiger partial charge in [0.1, 0.15) is 0 Å². The highest BCUT2D eigenvalue weighted by Gasteiger charge is 2.21. The van der Waals surface area contributed by atoms with Gasteiger partial charge in [-0.05, 0) is 24.3 Å². The number of nitrogens with one attached hydrogen (secondary N) is 3. The van der Waals surface area contributed by atoms with E-state index in [9.17, 15) is 4.21 Å². The highest BCUT2D eigenvalue weighted by Crippen LogP contribution is 2.36. The number of hydrogen-bond acceptors (Lipinski definition) is 8. The van der Waals surface area contributed by atoms with Gasteiger partial charge in [-0.1, -0.05) is 35.9 Å². The first-order valence-electron chi connectivity index (χ1n) is 12.0. The topological polar surface area (TPSA) is 120 Å². The Morgan fingerprint density at radius 3 is 2.68 bits per heavy atom. The number of ether oxygens (including phenoxy) is 1. The second kappa shape index (κ2) is 9.96. The van der Waals surface area contributed by atoms with Gasteiger partial charge in [-0.15, -0.1) is 0 Å². The summed E-state index contributed by atoms with van der Waals surface area (Å²) in [6.07, 6.45) is 5.13. The summed E-state index contributed by atoms with van der Waals surface area (Å²) < 4.78 is 26.2. The summed E-state index contributed by atoms with van der Waals surface area (Å²) in [6, 6.07) is 19.2. The molecule has 4 heterocycles. The molecule has 6 rings (SSSR count). The summed E-state index contributed by atoms with van der Waals surface area (Å²) in [5.74, 6) is 2.03. The lowest BCUT2D eigenvalue weighted by atomic mass is 10.1. The van der Waals surface area contributed by atoms with E-state index in [4.69, 9.17) is 26.1 Å². The lowest BCUT2D eigenvalue weighted by molar-refractivity contribution is 0.465. The van der Waals surface area contributed by atoms with Crippen molar-refractivity contribution in [2.45, 2.75) is 0 Å². The maximum absolute atomic E-state index is 12.1. The maximum Gasteiger partial charge on any atom is 0.227 e. The second-order valence-electron chi connectivity index (χ2n) is 8.92. The summed E-state index contributed by atoms with van der Waals surface area (Å²) in [5, 5.41) is 4.73. The van der Waals surface area contributed by atoms with Crippen molar-refractivity contribution < 1.29 is 8.95 Å². The van der Waals surface area contributed by atoms with Gasteiger partial charge in [-0.2, -0.15) is 0 Å². The molecule has 5 aromatic rings. The Morgan fingerprint density at radius 1 is 1.05 bits per heavy atom. The average molecular weight is 546 g/mol. The number of H-pyrrole nitrogens is 1. The molecular weight excluding hydrogens is 522 g/mol. The van der Waals surface area contributed by atoms with Gasteiger partial charge >= 0.3 is 0 Å². The summed E-state index contributed by atoms with van der Waals surface area (Å²) in [4.78, 5) is 18.8. The molecule has 1 aliphatic rings. The predicted molar refractivity (Wildman–Crippen MR) is 151 cm³/mol. The first-order valence-corrected chi connectivity index (χ1v) is 14.3. The molecule has 0 saturated carbocycles. The van der Waals surface area contributed by atoms with Gasteiger partial charge in [-0.3, -0.25) is 4.78 Å². The van der Waals surface area contributed by atoms with E-state index in [1.54, 1.807) is 18.5 Å². The number of anilines is 3. The fraction of sp³-hybridized carbons (Fsp3) is 0.148. The molecule has 2 aromatic carbocycles. The number of hydrogen-bond donors (Lipinski definition) is 3. The van der Waals surface area contributed by atoms with E-state index in [1.807, 2.05) is 60.8 Å². The van der Waals surface area contributed by atoms with E-state index >= 15 is 0 Å². The van der Waals surface area contributed by atoms with Crippen LogP contribution in [-0.4, -0.2) is 48.7 Å². The smallest absolute Gasteiger partial charge is 0.227 e. The van der Waals surface area contributed by atoms with Crippen molar-refractivity contribution in [3.05, 3.63) is 84.3 Å². The van der Waals surface area contributed by atoms with E-state index in [1.165, 1.54) is 0 Å². The molecule has 0 bridgehead atoms. The molecule has 1 aliphatic heterocycles.